The minimum atomic E-state index is -0.525. The van der Waals surface area contributed by atoms with E-state index < -0.39 is 11.6 Å². The van der Waals surface area contributed by atoms with Gasteiger partial charge in [0.25, 0.3) is 0 Å². The van der Waals surface area contributed by atoms with Crippen molar-refractivity contribution < 1.29 is 8.78 Å². The van der Waals surface area contributed by atoms with Crippen LogP contribution in [0.25, 0.3) is 0 Å². The van der Waals surface area contributed by atoms with Gasteiger partial charge in [-0.25, -0.2) is 8.78 Å². The predicted octanol–water partition coefficient (Wildman–Crippen LogP) is 3.57. The highest BCUT2D eigenvalue weighted by molar-refractivity contribution is 5.44. The molecule has 0 saturated heterocycles. The molecule has 1 unspecified atom stereocenters. The molecule has 0 amide bonds. The van der Waals surface area contributed by atoms with Crippen LogP contribution in [0.4, 0.5) is 14.5 Å². The second-order valence-corrected chi connectivity index (χ2v) is 4.15. The van der Waals surface area contributed by atoms with E-state index in [1.807, 2.05) is 0 Å². The van der Waals surface area contributed by atoms with Gasteiger partial charge in [0.05, 0.1) is 0 Å². The van der Waals surface area contributed by atoms with Crippen molar-refractivity contribution in [3.05, 3.63) is 29.8 Å². The Morgan fingerprint density at radius 2 is 1.87 bits per heavy atom. The Morgan fingerprint density at radius 3 is 2.33 bits per heavy atom. The molecule has 0 aliphatic heterocycles. The molecule has 1 aliphatic carbocycles. The summed E-state index contributed by atoms with van der Waals surface area (Å²) in [7, 11) is 0. The molecule has 0 radical (unpaired) electrons. The van der Waals surface area contributed by atoms with Crippen molar-refractivity contribution in [2.45, 2.75) is 32.2 Å². The molecule has 1 nitrogen and oxygen atoms in total. The van der Waals surface area contributed by atoms with Crippen molar-refractivity contribution >= 4 is 5.69 Å². The van der Waals surface area contributed by atoms with Gasteiger partial charge >= 0.3 is 0 Å². The van der Waals surface area contributed by atoms with Gasteiger partial charge in [-0.3, -0.25) is 0 Å². The Balaban J connectivity index is 2.08. The standard InChI is InChI=1S/C12H15F2N/c1-2-12(8-3-4-8)15-11-6-9(13)5-10(14)7-11/h5-8,12,15H,2-4H2,1H3. The molecule has 1 aromatic carbocycles. The third-order valence-corrected chi connectivity index (χ3v) is 2.85. The maximum absolute atomic E-state index is 12.9. The second-order valence-electron chi connectivity index (χ2n) is 4.15. The molecular weight excluding hydrogens is 196 g/mol. The molecule has 1 aliphatic rings. The lowest BCUT2D eigenvalue weighted by molar-refractivity contribution is 0.579. The van der Waals surface area contributed by atoms with Gasteiger partial charge in [0, 0.05) is 17.8 Å². The minimum absolute atomic E-state index is 0.353. The zero-order valence-electron chi connectivity index (χ0n) is 8.76. The van der Waals surface area contributed by atoms with E-state index in [1.165, 1.54) is 25.0 Å². The van der Waals surface area contributed by atoms with E-state index >= 15 is 0 Å². The normalized spacial score (nSPS) is 17.5. The van der Waals surface area contributed by atoms with Crippen LogP contribution in [-0.4, -0.2) is 6.04 Å². The molecule has 15 heavy (non-hydrogen) atoms. The molecule has 0 heterocycles. The average molecular weight is 211 g/mol. The first-order valence-electron chi connectivity index (χ1n) is 5.41. The van der Waals surface area contributed by atoms with Crippen molar-refractivity contribution in [3.8, 4) is 0 Å². The minimum Gasteiger partial charge on any atom is -0.382 e. The Bertz CT molecular complexity index is 327. The van der Waals surface area contributed by atoms with Crippen LogP contribution in [0, 0.1) is 17.6 Å². The molecule has 1 atom stereocenters. The van der Waals surface area contributed by atoms with Gasteiger partial charge in [-0.15, -0.1) is 0 Å². The second kappa shape index (κ2) is 4.17. The fourth-order valence-electron chi connectivity index (χ4n) is 1.90. The zero-order valence-corrected chi connectivity index (χ0v) is 8.76. The lowest BCUT2D eigenvalue weighted by Gasteiger charge is -2.17. The van der Waals surface area contributed by atoms with Crippen molar-refractivity contribution in [1.29, 1.82) is 0 Å². The van der Waals surface area contributed by atoms with Gasteiger partial charge in [-0.05, 0) is 37.3 Å². The summed E-state index contributed by atoms with van der Waals surface area (Å²) < 4.78 is 25.8. The summed E-state index contributed by atoms with van der Waals surface area (Å²) >= 11 is 0. The van der Waals surface area contributed by atoms with Crippen LogP contribution in [0.3, 0.4) is 0 Å². The van der Waals surface area contributed by atoms with Crippen molar-refractivity contribution in [2.24, 2.45) is 5.92 Å². The third kappa shape index (κ3) is 2.67. The van der Waals surface area contributed by atoms with E-state index in [-0.39, 0.29) is 0 Å². The molecule has 1 N–H and O–H groups in total. The number of rotatable bonds is 4. The molecule has 2 rings (SSSR count). The van der Waals surface area contributed by atoms with Gasteiger partial charge < -0.3 is 5.32 Å². The van der Waals surface area contributed by atoms with E-state index in [0.29, 0.717) is 17.6 Å². The number of hydrogen-bond acceptors (Lipinski definition) is 1. The summed E-state index contributed by atoms with van der Waals surface area (Å²) in [6.07, 6.45) is 3.44. The Hall–Kier alpha value is -1.12. The molecule has 82 valence electrons. The largest absolute Gasteiger partial charge is 0.382 e. The summed E-state index contributed by atoms with van der Waals surface area (Å²) in [5.41, 5.74) is 0.547. The summed E-state index contributed by atoms with van der Waals surface area (Å²) in [4.78, 5) is 0. The summed E-state index contributed by atoms with van der Waals surface area (Å²) in [6.45, 7) is 2.09. The van der Waals surface area contributed by atoms with Crippen LogP contribution in [0.5, 0.6) is 0 Å². The Morgan fingerprint density at radius 1 is 1.27 bits per heavy atom. The highest BCUT2D eigenvalue weighted by atomic mass is 19.1. The first-order valence-corrected chi connectivity index (χ1v) is 5.41. The molecule has 1 fully saturated rings. The van der Waals surface area contributed by atoms with Gasteiger partial charge in [-0.2, -0.15) is 0 Å². The van der Waals surface area contributed by atoms with Crippen molar-refractivity contribution in [2.75, 3.05) is 5.32 Å². The van der Waals surface area contributed by atoms with E-state index in [9.17, 15) is 8.78 Å². The van der Waals surface area contributed by atoms with Crippen LogP contribution in [0.15, 0.2) is 18.2 Å². The summed E-state index contributed by atoms with van der Waals surface area (Å²) in [5, 5.41) is 3.19. The molecule has 0 aromatic heterocycles. The quantitative estimate of drug-likeness (QED) is 0.802. The van der Waals surface area contributed by atoms with Gasteiger partial charge in [0.15, 0.2) is 0 Å². The highest BCUT2D eigenvalue weighted by Gasteiger charge is 2.29. The third-order valence-electron chi connectivity index (χ3n) is 2.85. The topological polar surface area (TPSA) is 12.0 Å². The monoisotopic (exact) mass is 211 g/mol. The molecule has 3 heteroatoms. The van der Waals surface area contributed by atoms with Gasteiger partial charge in [-0.1, -0.05) is 6.92 Å². The maximum atomic E-state index is 12.9. The van der Waals surface area contributed by atoms with Crippen LogP contribution in [0.1, 0.15) is 26.2 Å². The zero-order chi connectivity index (χ0) is 10.8. The van der Waals surface area contributed by atoms with Crippen molar-refractivity contribution in [1.82, 2.24) is 0 Å². The molecule has 0 spiro atoms. The van der Waals surface area contributed by atoms with E-state index in [1.54, 1.807) is 0 Å². The SMILES string of the molecule is CCC(Nc1cc(F)cc(F)c1)C1CC1. The fraction of sp³-hybridized carbons (Fsp3) is 0.500. The molecule has 1 saturated carbocycles. The Kier molecular flexibility index (Phi) is 2.89. The smallest absolute Gasteiger partial charge is 0.128 e. The van der Waals surface area contributed by atoms with Crippen molar-refractivity contribution in [3.63, 3.8) is 0 Å². The molecule has 1 aromatic rings. The first kappa shape index (κ1) is 10.4. The van der Waals surface area contributed by atoms with Crippen LogP contribution < -0.4 is 5.32 Å². The predicted molar refractivity (Wildman–Crippen MR) is 56.8 cm³/mol. The van der Waals surface area contributed by atoms with Crippen LogP contribution in [-0.2, 0) is 0 Å². The lowest BCUT2D eigenvalue weighted by atomic mass is 10.1. The number of hydrogen-bond donors (Lipinski definition) is 1. The van der Waals surface area contributed by atoms with E-state index in [4.69, 9.17) is 0 Å². The number of benzene rings is 1. The molecule has 0 bridgehead atoms. The lowest BCUT2D eigenvalue weighted by Crippen LogP contribution is -2.20. The molecular formula is C12H15F2N. The highest BCUT2D eigenvalue weighted by Crippen LogP contribution is 2.35. The van der Waals surface area contributed by atoms with Gasteiger partial charge in [0.2, 0.25) is 0 Å². The van der Waals surface area contributed by atoms with Crippen LogP contribution >= 0.6 is 0 Å². The summed E-state index contributed by atoms with van der Waals surface area (Å²) in [6, 6.07) is 3.93. The van der Waals surface area contributed by atoms with E-state index in [2.05, 4.69) is 12.2 Å². The first-order chi connectivity index (χ1) is 7.19. The number of halogens is 2. The van der Waals surface area contributed by atoms with Crippen LogP contribution in [0.2, 0.25) is 0 Å². The maximum Gasteiger partial charge on any atom is 0.128 e. The average Bonchev–Trinajstić information content (AvgIpc) is 2.95. The summed E-state index contributed by atoms with van der Waals surface area (Å²) in [5.74, 6) is -0.368. The van der Waals surface area contributed by atoms with Gasteiger partial charge in [0.1, 0.15) is 11.6 Å². The number of anilines is 1. The fourth-order valence-corrected chi connectivity index (χ4v) is 1.90. The Labute approximate surface area is 88.5 Å². The van der Waals surface area contributed by atoms with E-state index in [0.717, 1.165) is 12.5 Å². The number of nitrogens with one attached hydrogen (secondary N) is 1.